The Hall–Kier alpha value is -1.99. The van der Waals surface area contributed by atoms with Crippen LogP contribution < -0.4 is 4.74 Å². The molecule has 6 nitrogen and oxygen atoms in total. The first-order valence-corrected chi connectivity index (χ1v) is 8.10. The van der Waals surface area contributed by atoms with E-state index >= 15 is 0 Å². The van der Waals surface area contributed by atoms with Crippen LogP contribution in [0.15, 0.2) is 32.7 Å². The quantitative estimate of drug-likeness (QED) is 0.596. The van der Waals surface area contributed by atoms with Gasteiger partial charge in [0.25, 0.3) is 5.22 Å². The van der Waals surface area contributed by atoms with E-state index in [0.717, 1.165) is 11.8 Å². The number of halogens is 1. The topological polar surface area (TPSA) is 85.5 Å². The average molecular weight is 355 g/mol. The third-order valence-corrected chi connectivity index (χ3v) is 3.80. The van der Waals surface area contributed by atoms with Crippen molar-refractivity contribution in [2.24, 2.45) is 0 Å². The summed E-state index contributed by atoms with van der Waals surface area (Å²) in [5.74, 6) is -0.0975. The van der Waals surface area contributed by atoms with Crippen LogP contribution in [0, 0.1) is 0 Å². The van der Waals surface area contributed by atoms with E-state index in [1.807, 2.05) is 13.8 Å². The van der Waals surface area contributed by atoms with Crippen LogP contribution in [0.25, 0.3) is 6.08 Å². The number of hydrogen-bond donors (Lipinski definition) is 1. The van der Waals surface area contributed by atoms with Gasteiger partial charge in [-0.05, 0) is 43.0 Å². The normalized spacial score (nSPS) is 11.5. The maximum Gasteiger partial charge on any atom is 0.342 e. The fourth-order valence-corrected chi connectivity index (χ4v) is 2.57. The molecular weight excluding hydrogens is 340 g/mol. The lowest BCUT2D eigenvalue weighted by molar-refractivity contribution is -0.131. The minimum absolute atomic E-state index is 0.0273. The number of carbonyl (C=O) groups is 1. The van der Waals surface area contributed by atoms with Crippen molar-refractivity contribution in [1.82, 2.24) is 10.2 Å². The number of ether oxygens (including phenoxy) is 1. The second-order valence-corrected chi connectivity index (χ2v) is 5.78. The van der Waals surface area contributed by atoms with E-state index in [1.54, 1.807) is 18.2 Å². The average Bonchev–Trinajstić information content (AvgIpc) is 2.97. The van der Waals surface area contributed by atoms with Crippen LogP contribution in [0.2, 0.25) is 5.02 Å². The highest BCUT2D eigenvalue weighted by atomic mass is 35.5. The summed E-state index contributed by atoms with van der Waals surface area (Å²) in [6.45, 7) is 4.18. The SMILES string of the molecule is CCOc1ccc(Cl)cc1/C=C(\Sc1nnc(CC)o1)C(=O)O. The molecular formula is C15H15ClN2O4S. The number of rotatable bonds is 7. The Morgan fingerprint density at radius 2 is 2.22 bits per heavy atom. The largest absolute Gasteiger partial charge is 0.493 e. The number of aromatic nitrogens is 2. The highest BCUT2D eigenvalue weighted by molar-refractivity contribution is 8.03. The van der Waals surface area contributed by atoms with Gasteiger partial charge in [0, 0.05) is 17.0 Å². The molecule has 8 heteroatoms. The van der Waals surface area contributed by atoms with E-state index in [-0.39, 0.29) is 10.1 Å². The van der Waals surface area contributed by atoms with Gasteiger partial charge in [-0.2, -0.15) is 0 Å². The molecule has 0 fully saturated rings. The maximum absolute atomic E-state index is 11.5. The van der Waals surface area contributed by atoms with Crippen molar-refractivity contribution in [3.63, 3.8) is 0 Å². The minimum Gasteiger partial charge on any atom is -0.493 e. The van der Waals surface area contributed by atoms with Crippen LogP contribution in [-0.4, -0.2) is 27.9 Å². The molecule has 23 heavy (non-hydrogen) atoms. The second kappa shape index (κ2) is 8.03. The first kappa shape index (κ1) is 17.4. The smallest absolute Gasteiger partial charge is 0.342 e. The highest BCUT2D eigenvalue weighted by Crippen LogP contribution is 2.31. The zero-order valence-electron chi connectivity index (χ0n) is 12.6. The van der Waals surface area contributed by atoms with Gasteiger partial charge in [-0.1, -0.05) is 18.5 Å². The van der Waals surface area contributed by atoms with Crippen LogP contribution in [0.3, 0.4) is 0 Å². The molecule has 0 aliphatic heterocycles. The Morgan fingerprint density at radius 1 is 1.43 bits per heavy atom. The predicted octanol–water partition coefficient (Wildman–Crippen LogP) is 3.90. The number of carboxylic acids is 1. The summed E-state index contributed by atoms with van der Waals surface area (Å²) in [5.41, 5.74) is 0.569. The Morgan fingerprint density at radius 3 is 2.83 bits per heavy atom. The number of hydrogen-bond acceptors (Lipinski definition) is 6. The monoisotopic (exact) mass is 354 g/mol. The van der Waals surface area contributed by atoms with Gasteiger partial charge in [-0.15, -0.1) is 10.2 Å². The van der Waals surface area contributed by atoms with Crippen molar-refractivity contribution in [2.45, 2.75) is 25.5 Å². The lowest BCUT2D eigenvalue weighted by Gasteiger charge is -2.08. The first-order valence-electron chi connectivity index (χ1n) is 6.91. The van der Waals surface area contributed by atoms with Crippen LogP contribution >= 0.6 is 23.4 Å². The molecule has 0 bridgehead atoms. The molecule has 0 spiro atoms. The molecule has 2 rings (SSSR count). The number of nitrogens with zero attached hydrogens (tertiary/aromatic N) is 2. The summed E-state index contributed by atoms with van der Waals surface area (Å²) < 4.78 is 10.8. The number of aryl methyl sites for hydroxylation is 1. The van der Waals surface area contributed by atoms with Crippen molar-refractivity contribution in [1.29, 1.82) is 0 Å². The standard InChI is InChI=1S/C15H15ClN2O4S/c1-3-13-17-18-15(22-13)23-12(14(19)20)8-9-7-10(16)5-6-11(9)21-4-2/h5-8H,3-4H2,1-2H3,(H,19,20)/b12-8-. The fraction of sp³-hybridized carbons (Fsp3) is 0.267. The third-order valence-electron chi connectivity index (χ3n) is 2.72. The molecule has 122 valence electrons. The number of thioether (sulfide) groups is 1. The van der Waals surface area contributed by atoms with E-state index in [1.165, 1.54) is 6.08 Å². The molecule has 0 aliphatic rings. The predicted molar refractivity (Wildman–Crippen MR) is 87.8 cm³/mol. The van der Waals surface area contributed by atoms with Crippen molar-refractivity contribution >= 4 is 35.4 Å². The molecule has 1 aromatic heterocycles. The van der Waals surface area contributed by atoms with Crippen molar-refractivity contribution in [2.75, 3.05) is 6.61 Å². The summed E-state index contributed by atoms with van der Waals surface area (Å²) in [4.78, 5) is 11.5. The first-order chi connectivity index (χ1) is 11.0. The van der Waals surface area contributed by atoms with Gasteiger partial charge in [0.15, 0.2) is 0 Å². The lowest BCUT2D eigenvalue weighted by Crippen LogP contribution is -1.98. The van der Waals surface area contributed by atoms with Gasteiger partial charge < -0.3 is 14.3 Å². The van der Waals surface area contributed by atoms with Crippen molar-refractivity contribution in [3.8, 4) is 5.75 Å². The number of carboxylic acid groups (broad SMARTS) is 1. The molecule has 0 amide bonds. The molecule has 0 saturated carbocycles. The minimum atomic E-state index is -1.10. The molecule has 2 aromatic rings. The molecule has 1 aromatic carbocycles. The summed E-state index contributed by atoms with van der Waals surface area (Å²) >= 11 is 6.87. The Labute approximate surface area is 142 Å². The summed E-state index contributed by atoms with van der Waals surface area (Å²) in [7, 11) is 0. The van der Waals surface area contributed by atoms with Gasteiger partial charge in [-0.25, -0.2) is 4.79 Å². The van der Waals surface area contributed by atoms with Gasteiger partial charge in [0.05, 0.1) is 6.61 Å². The van der Waals surface area contributed by atoms with E-state index in [4.69, 9.17) is 20.8 Å². The van der Waals surface area contributed by atoms with Crippen LogP contribution in [-0.2, 0) is 11.2 Å². The fourth-order valence-electron chi connectivity index (χ4n) is 1.71. The van der Waals surface area contributed by atoms with E-state index in [0.29, 0.717) is 35.3 Å². The molecule has 0 radical (unpaired) electrons. The Bertz CT molecular complexity index is 730. The third kappa shape index (κ3) is 4.74. The number of benzene rings is 1. The molecule has 0 atom stereocenters. The molecule has 0 saturated heterocycles. The van der Waals surface area contributed by atoms with Gasteiger partial charge in [-0.3, -0.25) is 0 Å². The maximum atomic E-state index is 11.5. The highest BCUT2D eigenvalue weighted by Gasteiger charge is 2.16. The van der Waals surface area contributed by atoms with Crippen molar-refractivity contribution < 1.29 is 19.1 Å². The summed E-state index contributed by atoms with van der Waals surface area (Å²) in [5, 5.41) is 17.7. The molecule has 0 unspecified atom stereocenters. The van der Waals surface area contributed by atoms with Gasteiger partial charge >= 0.3 is 5.97 Å². The van der Waals surface area contributed by atoms with Crippen molar-refractivity contribution in [3.05, 3.63) is 39.6 Å². The second-order valence-electron chi connectivity index (χ2n) is 4.35. The Balaban J connectivity index is 2.35. The van der Waals surface area contributed by atoms with Gasteiger partial charge in [0.1, 0.15) is 10.7 Å². The summed E-state index contributed by atoms with van der Waals surface area (Å²) in [6, 6.07) is 5.02. The van der Waals surface area contributed by atoms with Crippen LogP contribution in [0.5, 0.6) is 5.75 Å². The zero-order chi connectivity index (χ0) is 16.8. The molecule has 0 aliphatic carbocycles. The molecule has 1 N–H and O–H groups in total. The van der Waals surface area contributed by atoms with E-state index < -0.39 is 5.97 Å². The zero-order valence-corrected chi connectivity index (χ0v) is 14.1. The van der Waals surface area contributed by atoms with E-state index in [9.17, 15) is 9.90 Å². The number of aliphatic carboxylic acids is 1. The lowest BCUT2D eigenvalue weighted by atomic mass is 10.2. The van der Waals surface area contributed by atoms with Gasteiger partial charge in [0.2, 0.25) is 5.89 Å². The van der Waals surface area contributed by atoms with Crippen LogP contribution in [0.1, 0.15) is 25.3 Å². The molecule has 1 heterocycles. The Kier molecular flexibility index (Phi) is 6.06. The summed E-state index contributed by atoms with van der Waals surface area (Å²) in [6.07, 6.45) is 2.06. The van der Waals surface area contributed by atoms with E-state index in [2.05, 4.69) is 10.2 Å². The van der Waals surface area contributed by atoms with Crippen LogP contribution in [0.4, 0.5) is 0 Å².